The molecule has 2 rings (SSSR count). The maximum absolute atomic E-state index is 12.5. The van der Waals surface area contributed by atoms with Crippen LogP contribution < -0.4 is 0 Å². The first-order valence-corrected chi connectivity index (χ1v) is 6.50. The Morgan fingerprint density at radius 2 is 2.16 bits per heavy atom. The van der Waals surface area contributed by atoms with E-state index in [4.69, 9.17) is 5.11 Å². The van der Waals surface area contributed by atoms with Gasteiger partial charge in [0.25, 0.3) is 5.91 Å². The summed E-state index contributed by atoms with van der Waals surface area (Å²) in [6, 6.07) is 3.20. The molecule has 1 aliphatic rings. The van der Waals surface area contributed by atoms with E-state index >= 15 is 0 Å². The van der Waals surface area contributed by atoms with E-state index in [0.717, 1.165) is 12.8 Å². The first-order chi connectivity index (χ1) is 9.00. The fourth-order valence-corrected chi connectivity index (χ4v) is 2.06. The Hall–Kier alpha value is -1.91. The number of pyridine rings is 1. The van der Waals surface area contributed by atoms with E-state index in [1.165, 1.54) is 18.3 Å². The standard InChI is InChI=1S/C14H18N2O3/c1-9(2)8-16(10-5-6-10)13(17)12-11(14(18)19)4-3-7-15-12/h3-4,7,9-10H,5-6,8H2,1-2H3,(H,18,19). The number of hydrogen-bond acceptors (Lipinski definition) is 3. The molecule has 1 fully saturated rings. The largest absolute Gasteiger partial charge is 0.478 e. The average Bonchev–Trinajstić information content (AvgIpc) is 3.19. The molecule has 0 radical (unpaired) electrons. The van der Waals surface area contributed by atoms with Crippen molar-refractivity contribution < 1.29 is 14.7 Å². The zero-order valence-corrected chi connectivity index (χ0v) is 11.2. The Morgan fingerprint density at radius 1 is 1.47 bits per heavy atom. The molecule has 1 aromatic heterocycles. The summed E-state index contributed by atoms with van der Waals surface area (Å²) < 4.78 is 0. The van der Waals surface area contributed by atoms with Gasteiger partial charge in [-0.1, -0.05) is 13.8 Å². The van der Waals surface area contributed by atoms with Gasteiger partial charge in [-0.25, -0.2) is 4.79 Å². The van der Waals surface area contributed by atoms with E-state index in [0.29, 0.717) is 12.5 Å². The second-order valence-corrected chi connectivity index (χ2v) is 5.29. The van der Waals surface area contributed by atoms with Crippen LogP contribution in [0.15, 0.2) is 18.3 Å². The number of carbonyl (C=O) groups excluding carboxylic acids is 1. The van der Waals surface area contributed by atoms with Crippen LogP contribution in [0.1, 0.15) is 47.5 Å². The van der Waals surface area contributed by atoms with Gasteiger partial charge in [-0.2, -0.15) is 0 Å². The van der Waals surface area contributed by atoms with Gasteiger partial charge < -0.3 is 10.0 Å². The summed E-state index contributed by atoms with van der Waals surface area (Å²) in [5, 5.41) is 9.12. The highest BCUT2D eigenvalue weighted by molar-refractivity contribution is 6.03. The maximum Gasteiger partial charge on any atom is 0.338 e. The fraction of sp³-hybridized carbons (Fsp3) is 0.500. The van der Waals surface area contributed by atoms with Gasteiger partial charge in [-0.05, 0) is 30.9 Å². The Labute approximate surface area is 112 Å². The van der Waals surface area contributed by atoms with Gasteiger partial charge in [0.15, 0.2) is 0 Å². The summed E-state index contributed by atoms with van der Waals surface area (Å²) in [5.74, 6) is -1.03. The molecule has 0 aliphatic heterocycles. The molecular weight excluding hydrogens is 244 g/mol. The normalized spacial score (nSPS) is 14.5. The van der Waals surface area contributed by atoms with Crippen molar-refractivity contribution in [2.45, 2.75) is 32.7 Å². The number of nitrogens with zero attached hydrogens (tertiary/aromatic N) is 2. The van der Waals surface area contributed by atoms with E-state index in [1.807, 2.05) is 13.8 Å². The Kier molecular flexibility index (Phi) is 3.83. The van der Waals surface area contributed by atoms with Crippen LogP contribution in [-0.2, 0) is 0 Å². The number of carbonyl (C=O) groups is 2. The summed E-state index contributed by atoms with van der Waals surface area (Å²) in [6.07, 6.45) is 3.45. The third-order valence-corrected chi connectivity index (χ3v) is 3.05. The van der Waals surface area contributed by atoms with Crippen molar-refractivity contribution in [3.05, 3.63) is 29.6 Å². The molecule has 0 atom stereocenters. The minimum absolute atomic E-state index is 0.0260. The molecule has 0 unspecified atom stereocenters. The minimum atomic E-state index is -1.11. The van der Waals surface area contributed by atoms with Gasteiger partial charge in [0.2, 0.25) is 0 Å². The molecule has 102 valence electrons. The summed E-state index contributed by atoms with van der Waals surface area (Å²) in [4.78, 5) is 29.4. The van der Waals surface area contributed by atoms with E-state index < -0.39 is 5.97 Å². The van der Waals surface area contributed by atoms with E-state index in [2.05, 4.69) is 4.98 Å². The Bertz CT molecular complexity index is 495. The third kappa shape index (κ3) is 3.10. The number of carboxylic acids is 1. The van der Waals surface area contributed by atoms with Crippen molar-refractivity contribution in [1.82, 2.24) is 9.88 Å². The lowest BCUT2D eigenvalue weighted by atomic mass is 10.1. The zero-order valence-electron chi connectivity index (χ0n) is 11.2. The van der Waals surface area contributed by atoms with Crippen molar-refractivity contribution in [2.24, 2.45) is 5.92 Å². The summed E-state index contributed by atoms with van der Waals surface area (Å²) in [6.45, 7) is 4.72. The molecular formula is C14H18N2O3. The second kappa shape index (κ2) is 5.38. The van der Waals surface area contributed by atoms with Crippen molar-refractivity contribution in [2.75, 3.05) is 6.54 Å². The SMILES string of the molecule is CC(C)CN(C(=O)c1ncccc1C(=O)O)C1CC1. The van der Waals surface area contributed by atoms with Crippen LogP contribution in [0.25, 0.3) is 0 Å². The number of carboxylic acid groups (broad SMARTS) is 1. The Morgan fingerprint density at radius 3 is 2.68 bits per heavy atom. The van der Waals surface area contributed by atoms with Gasteiger partial charge >= 0.3 is 5.97 Å². The highest BCUT2D eigenvalue weighted by Gasteiger charge is 2.35. The van der Waals surface area contributed by atoms with Crippen molar-refractivity contribution in [1.29, 1.82) is 0 Å². The van der Waals surface area contributed by atoms with E-state index in [9.17, 15) is 9.59 Å². The lowest BCUT2D eigenvalue weighted by Gasteiger charge is -2.24. The van der Waals surface area contributed by atoms with Crippen molar-refractivity contribution in [3.8, 4) is 0 Å². The molecule has 1 saturated carbocycles. The molecule has 1 aromatic rings. The van der Waals surface area contributed by atoms with Gasteiger partial charge in [0.1, 0.15) is 5.69 Å². The van der Waals surface area contributed by atoms with Crippen molar-refractivity contribution in [3.63, 3.8) is 0 Å². The van der Waals surface area contributed by atoms with Gasteiger partial charge in [0.05, 0.1) is 5.56 Å². The van der Waals surface area contributed by atoms with Crippen LogP contribution in [0.5, 0.6) is 0 Å². The predicted molar refractivity (Wildman–Crippen MR) is 70.1 cm³/mol. The van der Waals surface area contributed by atoms with Crippen molar-refractivity contribution >= 4 is 11.9 Å². The summed E-state index contributed by atoms with van der Waals surface area (Å²) in [5.41, 5.74) is 0.0180. The van der Waals surface area contributed by atoms with Gasteiger partial charge in [-0.15, -0.1) is 0 Å². The molecule has 1 aliphatic carbocycles. The van der Waals surface area contributed by atoms with Crippen LogP contribution in [-0.4, -0.2) is 39.5 Å². The van der Waals surface area contributed by atoms with Crippen LogP contribution in [0.4, 0.5) is 0 Å². The topological polar surface area (TPSA) is 70.5 Å². The number of aromatic nitrogens is 1. The van der Waals surface area contributed by atoms with Crippen LogP contribution >= 0.6 is 0 Å². The lowest BCUT2D eigenvalue weighted by Crippen LogP contribution is -2.37. The molecule has 0 bridgehead atoms. The number of amides is 1. The number of hydrogen-bond donors (Lipinski definition) is 1. The van der Waals surface area contributed by atoms with Crippen LogP contribution in [0, 0.1) is 5.92 Å². The molecule has 0 aromatic carbocycles. The summed E-state index contributed by atoms with van der Waals surface area (Å²) in [7, 11) is 0. The zero-order chi connectivity index (χ0) is 14.0. The quantitative estimate of drug-likeness (QED) is 0.881. The second-order valence-electron chi connectivity index (χ2n) is 5.29. The third-order valence-electron chi connectivity index (χ3n) is 3.05. The van der Waals surface area contributed by atoms with Crippen LogP contribution in [0.3, 0.4) is 0 Å². The first-order valence-electron chi connectivity index (χ1n) is 6.50. The molecule has 0 spiro atoms. The average molecular weight is 262 g/mol. The molecule has 1 amide bonds. The van der Waals surface area contributed by atoms with E-state index in [1.54, 1.807) is 4.90 Å². The monoisotopic (exact) mass is 262 g/mol. The van der Waals surface area contributed by atoms with Crippen LogP contribution in [0.2, 0.25) is 0 Å². The Balaban J connectivity index is 2.29. The van der Waals surface area contributed by atoms with Gasteiger partial charge in [-0.3, -0.25) is 9.78 Å². The summed E-state index contributed by atoms with van der Waals surface area (Å²) >= 11 is 0. The molecule has 1 N–H and O–H groups in total. The minimum Gasteiger partial charge on any atom is -0.478 e. The highest BCUT2D eigenvalue weighted by Crippen LogP contribution is 2.29. The fourth-order valence-electron chi connectivity index (χ4n) is 2.06. The lowest BCUT2D eigenvalue weighted by molar-refractivity contribution is 0.0661. The highest BCUT2D eigenvalue weighted by atomic mass is 16.4. The van der Waals surface area contributed by atoms with Gasteiger partial charge in [0, 0.05) is 18.8 Å². The number of rotatable bonds is 5. The molecule has 1 heterocycles. The molecule has 5 heteroatoms. The smallest absolute Gasteiger partial charge is 0.338 e. The van der Waals surface area contributed by atoms with E-state index in [-0.39, 0.29) is 23.2 Å². The molecule has 0 saturated heterocycles. The molecule has 5 nitrogen and oxygen atoms in total. The number of aromatic carboxylic acids is 1. The first kappa shape index (κ1) is 13.5. The predicted octanol–water partition coefficient (Wildman–Crippen LogP) is 2.04. The molecule has 19 heavy (non-hydrogen) atoms. The maximum atomic E-state index is 12.5.